The van der Waals surface area contributed by atoms with Gasteiger partial charge in [-0.05, 0) is 59.0 Å². The molecule has 0 bridgehead atoms. The minimum absolute atomic E-state index is 0.167. The number of fused-ring (bicyclic) bond motifs is 1. The zero-order chi connectivity index (χ0) is 13.4. The lowest BCUT2D eigenvalue weighted by atomic mass is 10.1. The number of hydrogen-bond acceptors (Lipinski definition) is 2. The zero-order valence-corrected chi connectivity index (χ0v) is 11.9. The number of benzene rings is 2. The lowest BCUT2D eigenvalue weighted by Gasteiger charge is -2.13. The standard InChI is InChI=1S/C14H10FIN2O/c15-8-1-6-11-12(7-8)18-14(19)13(11)17-10-4-2-9(16)3-5-10/h1-7,13,17H,(H,18,19). The Morgan fingerprint density at radius 2 is 1.89 bits per heavy atom. The summed E-state index contributed by atoms with van der Waals surface area (Å²) in [5.74, 6) is -0.520. The minimum Gasteiger partial charge on any atom is -0.370 e. The number of anilines is 2. The Morgan fingerprint density at radius 1 is 1.16 bits per heavy atom. The Balaban J connectivity index is 1.90. The van der Waals surface area contributed by atoms with Gasteiger partial charge in [0.2, 0.25) is 0 Å². The molecule has 0 aliphatic carbocycles. The van der Waals surface area contributed by atoms with Crippen LogP contribution in [0.3, 0.4) is 0 Å². The molecular weight excluding hydrogens is 358 g/mol. The van der Waals surface area contributed by atoms with Gasteiger partial charge < -0.3 is 10.6 Å². The smallest absolute Gasteiger partial charge is 0.251 e. The van der Waals surface area contributed by atoms with E-state index in [-0.39, 0.29) is 11.7 Å². The van der Waals surface area contributed by atoms with Crippen LogP contribution in [0.4, 0.5) is 15.8 Å². The Morgan fingerprint density at radius 3 is 2.63 bits per heavy atom. The monoisotopic (exact) mass is 368 g/mol. The molecule has 2 aromatic carbocycles. The van der Waals surface area contributed by atoms with Crippen LogP contribution < -0.4 is 10.6 Å². The number of carbonyl (C=O) groups is 1. The van der Waals surface area contributed by atoms with Crippen LogP contribution in [0.2, 0.25) is 0 Å². The van der Waals surface area contributed by atoms with E-state index < -0.39 is 6.04 Å². The van der Waals surface area contributed by atoms with Crippen LogP contribution >= 0.6 is 22.6 Å². The van der Waals surface area contributed by atoms with Gasteiger partial charge >= 0.3 is 0 Å². The first-order valence-electron chi connectivity index (χ1n) is 5.76. The van der Waals surface area contributed by atoms with Gasteiger partial charge in [0, 0.05) is 20.5 Å². The van der Waals surface area contributed by atoms with Crippen molar-refractivity contribution in [2.24, 2.45) is 0 Å². The molecule has 0 radical (unpaired) electrons. The second-order valence-electron chi connectivity index (χ2n) is 4.31. The molecule has 1 unspecified atom stereocenters. The van der Waals surface area contributed by atoms with Crippen molar-refractivity contribution in [3.05, 3.63) is 57.4 Å². The summed E-state index contributed by atoms with van der Waals surface area (Å²) in [6.07, 6.45) is 0. The fourth-order valence-corrected chi connectivity index (χ4v) is 2.45. The van der Waals surface area contributed by atoms with Crippen LogP contribution in [0.15, 0.2) is 42.5 Å². The zero-order valence-electron chi connectivity index (χ0n) is 9.78. The SMILES string of the molecule is O=C1Nc2cc(F)ccc2C1Nc1ccc(I)cc1. The molecular formula is C14H10FIN2O. The summed E-state index contributed by atoms with van der Waals surface area (Å²) in [6, 6.07) is 11.6. The number of nitrogens with one attached hydrogen (secondary N) is 2. The first-order chi connectivity index (χ1) is 9.13. The van der Waals surface area contributed by atoms with Crippen molar-refractivity contribution in [2.75, 3.05) is 10.6 Å². The second-order valence-corrected chi connectivity index (χ2v) is 5.55. The normalized spacial score (nSPS) is 16.9. The average molecular weight is 368 g/mol. The van der Waals surface area contributed by atoms with Crippen molar-refractivity contribution in [3.8, 4) is 0 Å². The molecule has 1 aliphatic rings. The van der Waals surface area contributed by atoms with E-state index in [1.165, 1.54) is 12.1 Å². The number of amides is 1. The topological polar surface area (TPSA) is 41.1 Å². The molecule has 96 valence electrons. The van der Waals surface area contributed by atoms with E-state index in [2.05, 4.69) is 33.2 Å². The Labute approximate surface area is 123 Å². The third kappa shape index (κ3) is 2.42. The molecule has 19 heavy (non-hydrogen) atoms. The van der Waals surface area contributed by atoms with Crippen molar-refractivity contribution < 1.29 is 9.18 Å². The van der Waals surface area contributed by atoms with E-state index in [9.17, 15) is 9.18 Å². The summed E-state index contributed by atoms with van der Waals surface area (Å²) in [4.78, 5) is 11.9. The predicted molar refractivity (Wildman–Crippen MR) is 80.6 cm³/mol. The van der Waals surface area contributed by atoms with Crippen molar-refractivity contribution in [1.82, 2.24) is 0 Å². The first-order valence-corrected chi connectivity index (χ1v) is 6.84. The predicted octanol–water partition coefficient (Wildman–Crippen LogP) is 3.54. The molecule has 0 saturated carbocycles. The quantitative estimate of drug-likeness (QED) is 0.797. The molecule has 3 rings (SSSR count). The summed E-state index contributed by atoms with van der Waals surface area (Å²) in [5, 5.41) is 5.83. The van der Waals surface area contributed by atoms with Gasteiger partial charge in [-0.3, -0.25) is 4.79 Å². The van der Waals surface area contributed by atoms with Crippen LogP contribution in [-0.2, 0) is 4.79 Å². The summed E-state index contributed by atoms with van der Waals surface area (Å²) in [6.45, 7) is 0. The van der Waals surface area contributed by atoms with Crippen molar-refractivity contribution in [1.29, 1.82) is 0 Å². The molecule has 1 atom stereocenters. The molecule has 1 aliphatic heterocycles. The van der Waals surface area contributed by atoms with Gasteiger partial charge in [0.25, 0.3) is 5.91 Å². The van der Waals surface area contributed by atoms with Gasteiger partial charge in [0.05, 0.1) is 0 Å². The molecule has 5 heteroatoms. The van der Waals surface area contributed by atoms with E-state index >= 15 is 0 Å². The number of rotatable bonds is 2. The molecule has 3 nitrogen and oxygen atoms in total. The summed E-state index contributed by atoms with van der Waals surface area (Å²) >= 11 is 2.22. The Hall–Kier alpha value is -1.63. The minimum atomic E-state index is -0.476. The van der Waals surface area contributed by atoms with E-state index in [1.807, 2.05) is 24.3 Å². The van der Waals surface area contributed by atoms with Crippen LogP contribution in [0, 0.1) is 9.39 Å². The van der Waals surface area contributed by atoms with Gasteiger partial charge in [0.15, 0.2) is 0 Å². The number of hydrogen-bond donors (Lipinski definition) is 2. The summed E-state index contributed by atoms with van der Waals surface area (Å²) < 4.78 is 14.2. The van der Waals surface area contributed by atoms with Gasteiger partial charge in [-0.25, -0.2) is 4.39 Å². The van der Waals surface area contributed by atoms with Gasteiger partial charge in [-0.15, -0.1) is 0 Å². The van der Waals surface area contributed by atoms with Crippen LogP contribution in [0.25, 0.3) is 0 Å². The molecule has 0 fully saturated rings. The fourth-order valence-electron chi connectivity index (χ4n) is 2.09. The maximum atomic E-state index is 13.1. The Kier molecular flexibility index (Phi) is 3.14. The third-order valence-corrected chi connectivity index (χ3v) is 3.72. The molecule has 0 aromatic heterocycles. The highest BCUT2D eigenvalue weighted by Gasteiger charge is 2.30. The lowest BCUT2D eigenvalue weighted by Crippen LogP contribution is -2.19. The van der Waals surface area contributed by atoms with Crippen LogP contribution in [-0.4, -0.2) is 5.91 Å². The molecule has 2 aromatic rings. The van der Waals surface area contributed by atoms with Crippen LogP contribution in [0.1, 0.15) is 11.6 Å². The maximum absolute atomic E-state index is 13.1. The van der Waals surface area contributed by atoms with Crippen molar-refractivity contribution >= 4 is 39.9 Å². The maximum Gasteiger partial charge on any atom is 0.251 e. The van der Waals surface area contributed by atoms with Crippen molar-refractivity contribution in [3.63, 3.8) is 0 Å². The third-order valence-electron chi connectivity index (χ3n) is 3.00. The molecule has 2 N–H and O–H groups in total. The largest absolute Gasteiger partial charge is 0.370 e. The lowest BCUT2D eigenvalue weighted by molar-refractivity contribution is -0.116. The average Bonchev–Trinajstić information content (AvgIpc) is 2.68. The highest BCUT2D eigenvalue weighted by Crippen LogP contribution is 2.33. The second kappa shape index (κ2) is 4.80. The van der Waals surface area contributed by atoms with Crippen molar-refractivity contribution in [2.45, 2.75) is 6.04 Å². The van der Waals surface area contributed by atoms with E-state index in [0.717, 1.165) is 14.8 Å². The summed E-state index contributed by atoms with van der Waals surface area (Å²) in [7, 11) is 0. The van der Waals surface area contributed by atoms with Gasteiger partial charge in [0.1, 0.15) is 11.9 Å². The first kappa shape index (κ1) is 12.4. The molecule has 0 spiro atoms. The molecule has 1 heterocycles. The van der Waals surface area contributed by atoms with Crippen LogP contribution in [0.5, 0.6) is 0 Å². The summed E-state index contributed by atoms with van der Waals surface area (Å²) in [5.41, 5.74) is 2.16. The van der Waals surface area contributed by atoms with Gasteiger partial charge in [-0.2, -0.15) is 0 Å². The highest BCUT2D eigenvalue weighted by molar-refractivity contribution is 14.1. The fraction of sp³-hybridized carbons (Fsp3) is 0.0714. The highest BCUT2D eigenvalue weighted by atomic mass is 127. The number of carbonyl (C=O) groups excluding carboxylic acids is 1. The molecule has 1 amide bonds. The number of halogens is 2. The van der Waals surface area contributed by atoms with E-state index in [0.29, 0.717) is 5.69 Å². The van der Waals surface area contributed by atoms with E-state index in [4.69, 9.17) is 0 Å². The Bertz CT molecular complexity index is 642. The van der Waals surface area contributed by atoms with E-state index in [1.54, 1.807) is 6.07 Å². The van der Waals surface area contributed by atoms with Gasteiger partial charge in [-0.1, -0.05) is 6.07 Å². The molecule has 0 saturated heterocycles.